The van der Waals surface area contributed by atoms with Crippen LogP contribution in [-0.4, -0.2) is 57.3 Å². The van der Waals surface area contributed by atoms with Crippen LogP contribution in [0.4, 0.5) is 4.79 Å². The fourth-order valence-corrected chi connectivity index (χ4v) is 7.57. The third-order valence-electron chi connectivity index (χ3n) is 7.29. The van der Waals surface area contributed by atoms with Crippen LogP contribution < -0.4 is 10.6 Å². The van der Waals surface area contributed by atoms with Crippen molar-refractivity contribution in [3.8, 4) is 0 Å². The molecular weight excluding hydrogens is 635 g/mol. The van der Waals surface area contributed by atoms with Crippen molar-refractivity contribution in [2.24, 2.45) is 0 Å². The van der Waals surface area contributed by atoms with E-state index in [1.165, 1.54) is 28.4 Å². The van der Waals surface area contributed by atoms with Crippen molar-refractivity contribution >= 4 is 47.4 Å². The summed E-state index contributed by atoms with van der Waals surface area (Å²) < 4.78 is 11.6. The Hall–Kier alpha value is -4.48. The van der Waals surface area contributed by atoms with E-state index in [0.29, 0.717) is 22.0 Å². The lowest BCUT2D eigenvalue weighted by molar-refractivity contribution is -0.154. The lowest BCUT2D eigenvalue weighted by Gasteiger charge is -2.50. The highest BCUT2D eigenvalue weighted by molar-refractivity contribution is 8.06. The molecule has 0 aromatic heterocycles. The molecule has 3 atom stereocenters. The minimum Gasteiger partial charge on any atom is -0.448 e. The molecule has 3 aromatic rings. The van der Waals surface area contributed by atoms with Gasteiger partial charge in [0.2, 0.25) is 5.91 Å². The first-order valence-electron chi connectivity index (χ1n) is 15.1. The summed E-state index contributed by atoms with van der Waals surface area (Å²) in [6.07, 6.45) is 0.267. The van der Waals surface area contributed by atoms with Crippen molar-refractivity contribution in [1.29, 1.82) is 0 Å². The molecule has 1 unspecified atom stereocenters. The standard InChI is InChI=1S/C36H37N3O6S2/c1-5-21-46-26-22-47-33-28(37-31(40)27(23-15-9-6-10-16-23)38-35(43)45-36(2,3)4)32(41)39(33)29(26)34(42)44-30(24-17-11-7-12-18-24)25-19-13-8-14-20-25/h5-20,27-28,30,33H,1,21-22H2,2-4H3,(H,37,40)(H,38,43)/t27?,28-,33+/m1/s1. The monoisotopic (exact) mass is 671 g/mol. The number of ether oxygens (including phenoxy) is 2. The molecule has 2 aliphatic rings. The van der Waals surface area contributed by atoms with Gasteiger partial charge in [-0.1, -0.05) is 97.1 Å². The maximum Gasteiger partial charge on any atom is 0.408 e. The molecule has 2 aliphatic heterocycles. The van der Waals surface area contributed by atoms with Crippen molar-refractivity contribution < 1.29 is 28.7 Å². The fraction of sp³-hybridized carbons (Fsp3) is 0.278. The highest BCUT2D eigenvalue weighted by Crippen LogP contribution is 2.44. The van der Waals surface area contributed by atoms with Gasteiger partial charge < -0.3 is 20.1 Å². The Bertz CT molecular complexity index is 1600. The number of rotatable bonds is 11. The second-order valence-corrected chi connectivity index (χ2v) is 14.1. The first-order chi connectivity index (χ1) is 22.6. The van der Waals surface area contributed by atoms with Gasteiger partial charge in [-0.2, -0.15) is 0 Å². The summed E-state index contributed by atoms with van der Waals surface area (Å²) in [5.74, 6) is -0.682. The van der Waals surface area contributed by atoms with E-state index in [1.807, 2.05) is 60.7 Å². The molecule has 1 fully saturated rings. The van der Waals surface area contributed by atoms with Gasteiger partial charge in [-0.25, -0.2) is 9.59 Å². The number of β-lactam (4-membered cyclic amide) rings is 1. The molecule has 0 spiro atoms. The molecule has 244 valence electrons. The number of benzene rings is 3. The van der Waals surface area contributed by atoms with E-state index < -0.39 is 53.0 Å². The number of carbonyl (C=O) groups is 4. The second kappa shape index (κ2) is 15.0. The van der Waals surface area contributed by atoms with Crippen LogP contribution in [0.5, 0.6) is 0 Å². The third-order valence-corrected chi connectivity index (χ3v) is 9.84. The van der Waals surface area contributed by atoms with Crippen LogP contribution in [0.1, 0.15) is 49.6 Å². The molecule has 11 heteroatoms. The topological polar surface area (TPSA) is 114 Å². The van der Waals surface area contributed by atoms with Crippen molar-refractivity contribution in [1.82, 2.24) is 15.5 Å². The van der Waals surface area contributed by atoms with Crippen molar-refractivity contribution in [3.05, 3.63) is 131 Å². The molecule has 0 aliphatic carbocycles. The predicted molar refractivity (Wildman–Crippen MR) is 184 cm³/mol. The zero-order valence-corrected chi connectivity index (χ0v) is 28.0. The Morgan fingerprint density at radius 3 is 2.04 bits per heavy atom. The Balaban J connectivity index is 1.38. The van der Waals surface area contributed by atoms with Gasteiger partial charge in [-0.3, -0.25) is 14.5 Å². The lowest BCUT2D eigenvalue weighted by Crippen LogP contribution is -2.71. The van der Waals surface area contributed by atoms with Crippen LogP contribution in [-0.2, 0) is 23.9 Å². The average Bonchev–Trinajstić information content (AvgIpc) is 3.07. The average molecular weight is 672 g/mol. The molecule has 5 rings (SSSR count). The quantitative estimate of drug-likeness (QED) is 0.143. The van der Waals surface area contributed by atoms with Gasteiger partial charge in [0.15, 0.2) is 6.10 Å². The number of amides is 3. The molecule has 0 radical (unpaired) electrons. The summed E-state index contributed by atoms with van der Waals surface area (Å²) in [5, 5.41) is 4.91. The number of esters is 1. The number of fused-ring (bicyclic) bond motifs is 1. The van der Waals surface area contributed by atoms with Crippen molar-refractivity contribution in [2.45, 2.75) is 49.9 Å². The summed E-state index contributed by atoms with van der Waals surface area (Å²) in [7, 11) is 0. The minimum atomic E-state index is -1.11. The minimum absolute atomic E-state index is 0.166. The van der Waals surface area contributed by atoms with E-state index in [2.05, 4.69) is 17.2 Å². The smallest absolute Gasteiger partial charge is 0.408 e. The van der Waals surface area contributed by atoms with Crippen LogP contribution in [0.2, 0.25) is 0 Å². The number of alkyl carbamates (subject to hydrolysis) is 1. The second-order valence-electron chi connectivity index (χ2n) is 11.9. The van der Waals surface area contributed by atoms with Gasteiger partial charge in [0.25, 0.3) is 5.91 Å². The van der Waals surface area contributed by atoms with Gasteiger partial charge in [0.05, 0.1) is 0 Å². The van der Waals surface area contributed by atoms with E-state index in [0.717, 1.165) is 11.1 Å². The predicted octanol–water partition coefficient (Wildman–Crippen LogP) is 6.12. The first-order valence-corrected chi connectivity index (χ1v) is 17.2. The molecule has 0 bridgehead atoms. The molecule has 2 heterocycles. The first kappa shape index (κ1) is 33.9. The van der Waals surface area contributed by atoms with Gasteiger partial charge in [0, 0.05) is 16.4 Å². The largest absolute Gasteiger partial charge is 0.448 e. The molecule has 3 aromatic carbocycles. The van der Waals surface area contributed by atoms with E-state index in [1.54, 1.807) is 57.2 Å². The maximum absolute atomic E-state index is 14.1. The molecular formula is C36H37N3O6S2. The Kier molecular flexibility index (Phi) is 10.8. The van der Waals surface area contributed by atoms with E-state index >= 15 is 0 Å². The van der Waals surface area contributed by atoms with E-state index in [-0.39, 0.29) is 5.70 Å². The summed E-state index contributed by atoms with van der Waals surface area (Å²) in [6.45, 7) is 8.98. The molecule has 9 nitrogen and oxygen atoms in total. The van der Waals surface area contributed by atoms with E-state index in [9.17, 15) is 19.2 Å². The Labute approximate surface area is 283 Å². The summed E-state index contributed by atoms with van der Waals surface area (Å²) in [6, 6.07) is 25.5. The van der Waals surface area contributed by atoms with Crippen LogP contribution in [0.3, 0.4) is 0 Å². The van der Waals surface area contributed by atoms with Crippen molar-refractivity contribution in [3.63, 3.8) is 0 Å². The molecule has 3 amide bonds. The zero-order chi connectivity index (χ0) is 33.6. The number of nitrogens with one attached hydrogen (secondary N) is 2. The number of nitrogens with zero attached hydrogens (tertiary/aromatic N) is 1. The summed E-state index contributed by atoms with van der Waals surface area (Å²) in [4.78, 5) is 56.3. The van der Waals surface area contributed by atoms with Gasteiger partial charge in [-0.15, -0.1) is 30.1 Å². The maximum atomic E-state index is 14.1. The van der Waals surface area contributed by atoms with E-state index in [4.69, 9.17) is 9.47 Å². The third kappa shape index (κ3) is 8.09. The van der Waals surface area contributed by atoms with Crippen LogP contribution in [0.25, 0.3) is 0 Å². The highest BCUT2D eigenvalue weighted by atomic mass is 32.2. The van der Waals surface area contributed by atoms with Crippen LogP contribution >= 0.6 is 23.5 Å². The molecule has 47 heavy (non-hydrogen) atoms. The number of carbonyl (C=O) groups excluding carboxylic acids is 4. The Morgan fingerprint density at radius 2 is 1.51 bits per heavy atom. The molecule has 1 saturated heterocycles. The van der Waals surface area contributed by atoms with Gasteiger partial charge in [-0.05, 0) is 37.5 Å². The Morgan fingerprint density at radius 1 is 0.957 bits per heavy atom. The molecule has 0 saturated carbocycles. The van der Waals surface area contributed by atoms with Crippen LogP contribution in [0, 0.1) is 0 Å². The summed E-state index contributed by atoms with van der Waals surface area (Å²) >= 11 is 2.87. The summed E-state index contributed by atoms with van der Waals surface area (Å²) in [5.41, 5.74) is 1.50. The number of hydrogen-bond donors (Lipinski definition) is 2. The van der Waals surface area contributed by atoms with Gasteiger partial charge in [0.1, 0.15) is 28.8 Å². The van der Waals surface area contributed by atoms with Crippen molar-refractivity contribution in [2.75, 3.05) is 11.5 Å². The fourth-order valence-electron chi connectivity index (χ4n) is 5.21. The van der Waals surface area contributed by atoms with Gasteiger partial charge >= 0.3 is 12.1 Å². The lowest BCUT2D eigenvalue weighted by atomic mass is 10.0. The number of hydrogen-bond acceptors (Lipinski definition) is 8. The molecule has 2 N–H and O–H groups in total. The highest BCUT2D eigenvalue weighted by Gasteiger charge is 2.55. The zero-order valence-electron chi connectivity index (χ0n) is 26.4. The SMILES string of the molecule is C=CCSC1=C(C(=O)OC(c2ccccc2)c2ccccc2)N2C(=O)[C@@H](NC(=O)C(NC(=O)OC(C)(C)C)c3ccccc3)[C@@H]2SC1. The number of thioether (sulfide) groups is 2. The normalized spacial score (nSPS) is 18.0. The van der Waals surface area contributed by atoms with Crippen LogP contribution in [0.15, 0.2) is 114 Å².